The number of nitrogens with one attached hydrogen (secondary N) is 1. The number of carbonyl (C=O) groups excluding carboxylic acids is 2. The molecule has 4 rings (SSSR count). The fourth-order valence-corrected chi connectivity index (χ4v) is 5.63. The van der Waals surface area contributed by atoms with Crippen LogP contribution in [0, 0.1) is 11.3 Å². The molecule has 214 valence electrons. The summed E-state index contributed by atoms with van der Waals surface area (Å²) in [6.45, 7) is 5.47. The Labute approximate surface area is 240 Å². The number of ether oxygens (including phenoxy) is 3. The lowest BCUT2D eigenvalue weighted by atomic mass is 9.63. The third-order valence-electron chi connectivity index (χ3n) is 7.13. The summed E-state index contributed by atoms with van der Waals surface area (Å²) < 4.78 is 16.7. The van der Waals surface area contributed by atoms with Gasteiger partial charge in [0.2, 0.25) is 0 Å². The van der Waals surface area contributed by atoms with E-state index in [0.717, 1.165) is 5.71 Å². The minimum atomic E-state index is -0.681. The minimum absolute atomic E-state index is 0.0419. The van der Waals surface area contributed by atoms with E-state index in [0.29, 0.717) is 60.1 Å². The first kappa shape index (κ1) is 29.9. The van der Waals surface area contributed by atoms with Crippen LogP contribution in [0.25, 0.3) is 0 Å². The molecule has 0 radical (unpaired) electrons. The Bertz CT molecular complexity index is 1260. The van der Waals surface area contributed by atoms with E-state index in [1.54, 1.807) is 6.07 Å². The van der Waals surface area contributed by atoms with E-state index in [9.17, 15) is 14.7 Å². The van der Waals surface area contributed by atoms with Crippen LogP contribution in [0.15, 0.2) is 70.9 Å². The molecule has 0 amide bonds. The van der Waals surface area contributed by atoms with Gasteiger partial charge in [0.1, 0.15) is 24.2 Å². The third kappa shape index (κ3) is 7.37. The van der Waals surface area contributed by atoms with Gasteiger partial charge in [0.25, 0.3) is 0 Å². The second kappa shape index (κ2) is 13.5. The molecule has 3 unspecified atom stereocenters. The van der Waals surface area contributed by atoms with Gasteiger partial charge in [0.15, 0.2) is 0 Å². The molecule has 1 aliphatic carbocycles. The molecule has 40 heavy (non-hydrogen) atoms. The summed E-state index contributed by atoms with van der Waals surface area (Å²) in [6, 6.07) is 16.6. The molecule has 1 fully saturated rings. The van der Waals surface area contributed by atoms with Crippen molar-refractivity contribution in [2.75, 3.05) is 40.0 Å². The number of para-hydroxylation sites is 1. The summed E-state index contributed by atoms with van der Waals surface area (Å²) in [5.74, 6) is -0.987. The highest BCUT2D eigenvalue weighted by Crippen LogP contribution is 2.48. The summed E-state index contributed by atoms with van der Waals surface area (Å²) in [5.41, 5.74) is 1.96. The highest BCUT2D eigenvalue weighted by Gasteiger charge is 2.48. The second-order valence-corrected chi connectivity index (χ2v) is 11.4. The molecule has 0 saturated heterocycles. The van der Waals surface area contributed by atoms with E-state index in [2.05, 4.69) is 19.2 Å². The number of methoxy groups -OCH3 is 1. The molecular weight excluding hydrogens is 532 g/mol. The Balaban J connectivity index is 1.44. The second-order valence-electron chi connectivity index (χ2n) is 11.0. The van der Waals surface area contributed by atoms with Gasteiger partial charge < -0.3 is 24.6 Å². The quantitative estimate of drug-likeness (QED) is 0.289. The Morgan fingerprint density at radius 3 is 2.58 bits per heavy atom. The predicted octanol–water partition coefficient (Wildman–Crippen LogP) is 4.36. The number of hydrogen-bond donors (Lipinski definition) is 2. The first-order valence-electron chi connectivity index (χ1n) is 13.5. The summed E-state index contributed by atoms with van der Waals surface area (Å²) in [4.78, 5) is 31.4. The van der Waals surface area contributed by atoms with E-state index < -0.39 is 23.9 Å². The highest BCUT2D eigenvalue weighted by atomic mass is 35.5. The fraction of sp³-hybridized carbons (Fsp3) is 0.452. The van der Waals surface area contributed by atoms with Crippen LogP contribution in [-0.4, -0.2) is 68.7 Å². The molecular formula is C31H37ClN2O6. The maximum Gasteiger partial charge on any atom is 0.336 e. The Kier molecular flexibility index (Phi) is 10.1. The molecule has 2 N–H and O–H groups in total. The predicted molar refractivity (Wildman–Crippen MR) is 154 cm³/mol. The highest BCUT2D eigenvalue weighted by molar-refractivity contribution is 6.31. The number of Topliss-reactive ketones (excluding diaryl/α,β-unsaturated/α-hetero) is 1. The van der Waals surface area contributed by atoms with Crippen LogP contribution in [0.2, 0.25) is 5.02 Å². The van der Waals surface area contributed by atoms with Gasteiger partial charge in [0.05, 0.1) is 37.5 Å². The Hall–Kier alpha value is -3.04. The zero-order valence-electron chi connectivity index (χ0n) is 23.2. The normalized spacial score (nSPS) is 20.9. The van der Waals surface area contributed by atoms with Crippen LogP contribution in [0.4, 0.5) is 0 Å². The lowest BCUT2D eigenvalue weighted by molar-refractivity contribution is -0.136. The number of aliphatic hydroxyl groups is 1. The lowest BCUT2D eigenvalue weighted by Gasteiger charge is -2.41. The fourth-order valence-electron chi connectivity index (χ4n) is 5.37. The van der Waals surface area contributed by atoms with E-state index >= 15 is 0 Å². The van der Waals surface area contributed by atoms with Crippen LogP contribution in [0.5, 0.6) is 5.75 Å². The number of esters is 1. The summed E-state index contributed by atoms with van der Waals surface area (Å²) in [7, 11) is 1.32. The Morgan fingerprint density at radius 2 is 1.85 bits per heavy atom. The number of fused-ring (bicyclic) bond motifs is 1. The molecule has 0 aromatic heterocycles. The van der Waals surface area contributed by atoms with Gasteiger partial charge in [-0.15, -0.1) is 0 Å². The van der Waals surface area contributed by atoms with Crippen molar-refractivity contribution in [2.45, 2.75) is 38.7 Å². The van der Waals surface area contributed by atoms with Crippen LogP contribution in [0.3, 0.4) is 0 Å². The van der Waals surface area contributed by atoms with E-state index in [4.69, 9.17) is 30.8 Å². The average molecular weight is 569 g/mol. The largest absolute Gasteiger partial charge is 0.491 e. The van der Waals surface area contributed by atoms with E-state index in [1.807, 2.05) is 48.5 Å². The van der Waals surface area contributed by atoms with Crippen molar-refractivity contribution in [2.24, 2.45) is 16.3 Å². The lowest BCUT2D eigenvalue weighted by Crippen LogP contribution is -2.44. The molecule has 2 aliphatic rings. The molecule has 0 bridgehead atoms. The molecule has 0 spiro atoms. The zero-order chi connectivity index (χ0) is 28.7. The topological polar surface area (TPSA) is 106 Å². The molecule has 1 saturated carbocycles. The number of nitrogens with zero attached hydrogens (tertiary/aromatic N) is 1. The minimum Gasteiger partial charge on any atom is -0.491 e. The maximum atomic E-state index is 13.4. The first-order chi connectivity index (χ1) is 19.2. The van der Waals surface area contributed by atoms with Gasteiger partial charge in [0, 0.05) is 36.2 Å². The number of halogens is 1. The summed E-state index contributed by atoms with van der Waals surface area (Å²) >= 11 is 6.60. The van der Waals surface area contributed by atoms with E-state index in [1.165, 1.54) is 7.11 Å². The molecule has 1 aliphatic heterocycles. The van der Waals surface area contributed by atoms with Crippen LogP contribution in [0.1, 0.15) is 38.2 Å². The monoisotopic (exact) mass is 568 g/mol. The van der Waals surface area contributed by atoms with Crippen LogP contribution < -0.4 is 10.1 Å². The molecule has 9 heteroatoms. The van der Waals surface area contributed by atoms with Crippen molar-refractivity contribution < 1.29 is 28.9 Å². The molecule has 2 aromatic rings. The van der Waals surface area contributed by atoms with Gasteiger partial charge in [-0.1, -0.05) is 61.8 Å². The van der Waals surface area contributed by atoms with Crippen LogP contribution in [-0.2, 0) is 19.1 Å². The number of benzene rings is 2. The average Bonchev–Trinajstić information content (AvgIpc) is 2.92. The number of aliphatic imine (C=N–C) groups is 1. The maximum absolute atomic E-state index is 13.4. The van der Waals surface area contributed by atoms with Crippen molar-refractivity contribution in [3.8, 4) is 5.75 Å². The van der Waals surface area contributed by atoms with Gasteiger partial charge in [-0.2, -0.15) is 0 Å². The third-order valence-corrected chi connectivity index (χ3v) is 7.47. The molecule has 8 nitrogen and oxygen atoms in total. The van der Waals surface area contributed by atoms with Crippen molar-refractivity contribution in [3.05, 3.63) is 76.5 Å². The first-order valence-corrected chi connectivity index (χ1v) is 13.9. The van der Waals surface area contributed by atoms with Crippen molar-refractivity contribution >= 4 is 29.1 Å². The number of hydrogen-bond acceptors (Lipinski definition) is 8. The smallest absolute Gasteiger partial charge is 0.336 e. The van der Waals surface area contributed by atoms with E-state index in [-0.39, 0.29) is 24.4 Å². The van der Waals surface area contributed by atoms with Crippen molar-refractivity contribution in [1.29, 1.82) is 0 Å². The Morgan fingerprint density at radius 1 is 1.12 bits per heavy atom. The number of ketones is 1. The van der Waals surface area contributed by atoms with Crippen LogP contribution >= 0.6 is 11.6 Å². The summed E-state index contributed by atoms with van der Waals surface area (Å²) in [5, 5.41) is 13.8. The molecule has 2 aromatic carbocycles. The van der Waals surface area contributed by atoms with Crippen molar-refractivity contribution in [3.63, 3.8) is 0 Å². The SMILES string of the molecule is COC(=O)C1=C(COCCNCC(O)COc2ccccc2)N=C2CC(C)(C)CC(=O)C2C1c1ccccc1Cl. The van der Waals surface area contributed by atoms with Gasteiger partial charge in [-0.3, -0.25) is 9.79 Å². The van der Waals surface area contributed by atoms with Gasteiger partial charge in [-0.05, 0) is 35.6 Å². The number of carbonyl (C=O) groups is 2. The molecule has 3 atom stereocenters. The number of rotatable bonds is 12. The number of aliphatic hydroxyl groups excluding tert-OH is 1. The van der Waals surface area contributed by atoms with Gasteiger partial charge >= 0.3 is 5.97 Å². The van der Waals surface area contributed by atoms with Crippen molar-refractivity contribution in [1.82, 2.24) is 5.32 Å². The summed E-state index contributed by atoms with van der Waals surface area (Å²) in [6.07, 6.45) is 0.345. The zero-order valence-corrected chi connectivity index (χ0v) is 23.9. The van der Waals surface area contributed by atoms with Gasteiger partial charge in [-0.25, -0.2) is 4.79 Å². The molecule has 1 heterocycles. The standard InChI is InChI=1S/C31H37ClN2O6/c1-31(2)15-24-28(26(36)16-31)27(22-11-7-8-12-23(22)32)29(30(37)38-3)25(34-24)19-39-14-13-33-17-20(35)18-40-21-9-5-4-6-10-21/h4-12,20,27-28,33,35H,13-19H2,1-3H3.